The van der Waals surface area contributed by atoms with E-state index in [9.17, 15) is 0 Å². The van der Waals surface area contributed by atoms with E-state index in [2.05, 4.69) is 27.8 Å². The number of nitrogens with zero attached hydrogens (tertiary/aromatic N) is 1. The Bertz CT molecular complexity index is 720. The Morgan fingerprint density at radius 1 is 1.04 bits per heavy atom. The first-order valence-corrected chi connectivity index (χ1v) is 9.67. The number of anilines is 1. The fourth-order valence-corrected chi connectivity index (χ4v) is 2.64. The fraction of sp³-hybridized carbons (Fsp3) is 0.409. The number of unbranched alkanes of at least 4 members (excludes halogenated alkanes) is 1. The molecule has 0 unspecified atom stereocenters. The summed E-state index contributed by atoms with van der Waals surface area (Å²) in [6.07, 6.45) is 2.00. The van der Waals surface area contributed by atoms with Crippen molar-refractivity contribution in [3.8, 4) is 11.5 Å². The van der Waals surface area contributed by atoms with Gasteiger partial charge >= 0.3 is 0 Å². The van der Waals surface area contributed by atoms with Crippen molar-refractivity contribution in [2.24, 2.45) is 4.99 Å². The zero-order valence-electron chi connectivity index (χ0n) is 17.0. The van der Waals surface area contributed by atoms with Crippen LogP contribution in [-0.4, -0.2) is 39.9 Å². The summed E-state index contributed by atoms with van der Waals surface area (Å²) in [5.41, 5.74) is 2.10. The molecular weight excluding hydrogens is 354 g/mol. The van der Waals surface area contributed by atoms with E-state index < -0.39 is 0 Å². The van der Waals surface area contributed by atoms with E-state index in [0.29, 0.717) is 24.7 Å². The minimum absolute atomic E-state index is 0.582. The molecule has 6 nitrogen and oxygen atoms in total. The molecule has 152 valence electrons. The van der Waals surface area contributed by atoms with Gasteiger partial charge in [0.1, 0.15) is 0 Å². The van der Waals surface area contributed by atoms with Crippen molar-refractivity contribution < 1.29 is 14.2 Å². The monoisotopic (exact) mass is 385 g/mol. The molecule has 2 aromatic carbocycles. The highest BCUT2D eigenvalue weighted by atomic mass is 16.5. The zero-order valence-corrected chi connectivity index (χ0v) is 17.0. The Morgan fingerprint density at radius 2 is 1.86 bits per heavy atom. The van der Waals surface area contributed by atoms with E-state index in [1.807, 2.05) is 43.3 Å². The highest BCUT2D eigenvalue weighted by Crippen LogP contribution is 2.30. The number of aliphatic imine (C=N–C) groups is 1. The summed E-state index contributed by atoms with van der Waals surface area (Å²) in [6.45, 7) is 4.77. The average Bonchev–Trinajstić information content (AvgIpc) is 2.73. The molecule has 0 fully saturated rings. The van der Waals surface area contributed by atoms with Gasteiger partial charge in [0.05, 0.1) is 20.3 Å². The van der Waals surface area contributed by atoms with Crippen molar-refractivity contribution in [3.63, 3.8) is 0 Å². The van der Waals surface area contributed by atoms with E-state index in [1.165, 1.54) is 5.56 Å². The van der Waals surface area contributed by atoms with Crippen LogP contribution in [0, 0.1) is 0 Å². The summed E-state index contributed by atoms with van der Waals surface area (Å²) in [5, 5.41) is 6.59. The number of methoxy groups -OCH3 is 1. The van der Waals surface area contributed by atoms with Crippen LogP contribution in [0.15, 0.2) is 53.5 Å². The normalized spacial score (nSPS) is 11.2. The fourth-order valence-electron chi connectivity index (χ4n) is 2.64. The highest BCUT2D eigenvalue weighted by molar-refractivity contribution is 5.93. The van der Waals surface area contributed by atoms with Gasteiger partial charge in [-0.15, -0.1) is 0 Å². The number of guanidine groups is 1. The molecule has 0 atom stereocenters. The smallest absolute Gasteiger partial charge is 0.195 e. The minimum Gasteiger partial charge on any atom is -0.493 e. The maximum absolute atomic E-state index is 5.71. The molecule has 0 heterocycles. The lowest BCUT2D eigenvalue weighted by Crippen LogP contribution is -2.31. The summed E-state index contributed by atoms with van der Waals surface area (Å²) in [5.74, 6) is 2.14. The SMILES string of the molecule is CCOc1cc(NC(=NC)NCCCCOCc2ccccc2)ccc1OC. The summed E-state index contributed by atoms with van der Waals surface area (Å²) in [4.78, 5) is 4.27. The molecular formula is C22H31N3O3. The van der Waals surface area contributed by atoms with Crippen LogP contribution < -0.4 is 20.1 Å². The molecule has 0 aliphatic carbocycles. The number of benzene rings is 2. The van der Waals surface area contributed by atoms with Crippen LogP contribution in [0.25, 0.3) is 0 Å². The Kier molecular flexibility index (Phi) is 9.72. The summed E-state index contributed by atoms with van der Waals surface area (Å²) < 4.78 is 16.6. The second-order valence-electron chi connectivity index (χ2n) is 6.17. The van der Waals surface area contributed by atoms with Gasteiger partial charge in [0.15, 0.2) is 17.5 Å². The number of hydrogen-bond acceptors (Lipinski definition) is 4. The van der Waals surface area contributed by atoms with Crippen LogP contribution in [0.1, 0.15) is 25.3 Å². The summed E-state index contributed by atoms with van der Waals surface area (Å²) in [7, 11) is 3.39. The lowest BCUT2D eigenvalue weighted by Gasteiger charge is -2.14. The second kappa shape index (κ2) is 12.6. The quantitative estimate of drug-likeness (QED) is 0.347. The van der Waals surface area contributed by atoms with Crippen molar-refractivity contribution in [1.29, 1.82) is 0 Å². The van der Waals surface area contributed by atoms with Gasteiger partial charge in [0.2, 0.25) is 0 Å². The highest BCUT2D eigenvalue weighted by Gasteiger charge is 2.06. The van der Waals surface area contributed by atoms with Crippen LogP contribution in [0.4, 0.5) is 5.69 Å². The van der Waals surface area contributed by atoms with Gasteiger partial charge in [0.25, 0.3) is 0 Å². The number of hydrogen-bond donors (Lipinski definition) is 2. The molecule has 0 saturated heterocycles. The predicted octanol–water partition coefficient (Wildman–Crippen LogP) is 4.08. The lowest BCUT2D eigenvalue weighted by atomic mass is 10.2. The van der Waals surface area contributed by atoms with E-state index >= 15 is 0 Å². The summed E-state index contributed by atoms with van der Waals surface area (Å²) in [6, 6.07) is 16.0. The lowest BCUT2D eigenvalue weighted by molar-refractivity contribution is 0.117. The van der Waals surface area contributed by atoms with Crippen molar-refractivity contribution in [2.45, 2.75) is 26.4 Å². The molecule has 0 spiro atoms. The van der Waals surface area contributed by atoms with Crippen LogP contribution in [0.2, 0.25) is 0 Å². The first-order valence-electron chi connectivity index (χ1n) is 9.67. The van der Waals surface area contributed by atoms with E-state index in [0.717, 1.165) is 37.6 Å². The second-order valence-corrected chi connectivity index (χ2v) is 6.17. The Hall–Kier alpha value is -2.73. The molecule has 2 N–H and O–H groups in total. The number of rotatable bonds is 11. The van der Waals surface area contributed by atoms with Crippen LogP contribution in [-0.2, 0) is 11.3 Å². The molecule has 0 amide bonds. The minimum atomic E-state index is 0.582. The third-order valence-corrected chi connectivity index (χ3v) is 4.07. The van der Waals surface area contributed by atoms with Crippen molar-refractivity contribution in [2.75, 3.05) is 39.2 Å². The van der Waals surface area contributed by atoms with Gasteiger partial charge in [-0.25, -0.2) is 0 Å². The molecule has 2 aromatic rings. The van der Waals surface area contributed by atoms with E-state index in [4.69, 9.17) is 14.2 Å². The van der Waals surface area contributed by atoms with Crippen molar-refractivity contribution in [1.82, 2.24) is 5.32 Å². The molecule has 6 heteroatoms. The topological polar surface area (TPSA) is 64.1 Å². The van der Waals surface area contributed by atoms with Crippen LogP contribution >= 0.6 is 0 Å². The Morgan fingerprint density at radius 3 is 2.57 bits per heavy atom. The molecule has 0 saturated carbocycles. The van der Waals surface area contributed by atoms with Crippen molar-refractivity contribution >= 4 is 11.6 Å². The first kappa shape index (κ1) is 21.6. The standard InChI is InChI=1S/C22H31N3O3/c1-4-28-21-16-19(12-13-20(21)26-3)25-22(23-2)24-14-8-9-15-27-17-18-10-6-5-7-11-18/h5-7,10-13,16H,4,8-9,14-15,17H2,1-3H3,(H2,23,24,25). The van der Waals surface area contributed by atoms with Crippen molar-refractivity contribution in [3.05, 3.63) is 54.1 Å². The largest absolute Gasteiger partial charge is 0.493 e. The van der Waals surface area contributed by atoms with Crippen LogP contribution in [0.3, 0.4) is 0 Å². The first-order chi connectivity index (χ1) is 13.8. The van der Waals surface area contributed by atoms with Crippen LogP contribution in [0.5, 0.6) is 11.5 Å². The van der Waals surface area contributed by atoms with Gasteiger partial charge in [0, 0.05) is 32.0 Å². The predicted molar refractivity (Wildman–Crippen MR) is 114 cm³/mol. The van der Waals surface area contributed by atoms with Gasteiger partial charge < -0.3 is 24.8 Å². The van der Waals surface area contributed by atoms with E-state index in [-0.39, 0.29) is 0 Å². The Labute approximate surface area is 167 Å². The zero-order chi connectivity index (χ0) is 20.0. The molecule has 28 heavy (non-hydrogen) atoms. The third kappa shape index (κ3) is 7.48. The molecule has 0 aromatic heterocycles. The number of ether oxygens (including phenoxy) is 3. The van der Waals surface area contributed by atoms with Gasteiger partial charge in [-0.3, -0.25) is 4.99 Å². The maximum atomic E-state index is 5.71. The molecule has 0 aliphatic heterocycles. The molecule has 0 aliphatic rings. The summed E-state index contributed by atoms with van der Waals surface area (Å²) >= 11 is 0. The number of nitrogens with one attached hydrogen (secondary N) is 2. The Balaban J connectivity index is 1.68. The van der Waals surface area contributed by atoms with Gasteiger partial charge in [-0.05, 0) is 37.5 Å². The average molecular weight is 386 g/mol. The molecule has 2 rings (SSSR count). The molecule has 0 radical (unpaired) electrons. The molecule has 0 bridgehead atoms. The van der Waals surface area contributed by atoms with E-state index in [1.54, 1.807) is 14.2 Å². The third-order valence-electron chi connectivity index (χ3n) is 4.07. The van der Waals surface area contributed by atoms with Gasteiger partial charge in [-0.1, -0.05) is 30.3 Å². The van der Waals surface area contributed by atoms with Gasteiger partial charge in [-0.2, -0.15) is 0 Å². The maximum Gasteiger partial charge on any atom is 0.195 e.